The number of Topliss-reactive ketones (excluding diaryl/α,β-unsaturated/α-hetero) is 1. The number of anilines is 2. The first-order chi connectivity index (χ1) is 14.2. The second-order valence-electron chi connectivity index (χ2n) is 8.65. The van der Waals surface area contributed by atoms with Crippen LogP contribution in [-0.2, 0) is 9.59 Å². The highest BCUT2D eigenvalue weighted by Gasteiger charge is 2.43. The maximum absolute atomic E-state index is 13.4. The average Bonchev–Trinajstić information content (AvgIpc) is 2.82. The fourth-order valence-corrected chi connectivity index (χ4v) is 4.45. The lowest BCUT2D eigenvalue weighted by atomic mass is 9.73. The van der Waals surface area contributed by atoms with Crippen molar-refractivity contribution in [2.24, 2.45) is 5.41 Å². The van der Waals surface area contributed by atoms with Crippen LogP contribution in [0.15, 0.2) is 53.7 Å². The Labute approximate surface area is 175 Å². The van der Waals surface area contributed by atoms with Crippen LogP contribution in [0.3, 0.4) is 0 Å². The Balaban J connectivity index is 2.02. The van der Waals surface area contributed by atoms with Crippen LogP contribution in [0.25, 0.3) is 0 Å². The number of hydrogen-bond donors (Lipinski definition) is 2. The number of phenolic OH excluding ortho intramolecular Hbond substituents is 1. The van der Waals surface area contributed by atoms with Crippen LogP contribution in [0.2, 0.25) is 0 Å². The molecule has 0 bridgehead atoms. The molecular formula is C24H23N3O3. The predicted octanol–water partition coefficient (Wildman–Crippen LogP) is 4.43. The number of nitriles is 1. The minimum atomic E-state index is -0.649. The Kier molecular flexibility index (Phi) is 4.62. The Morgan fingerprint density at radius 1 is 1.20 bits per heavy atom. The summed E-state index contributed by atoms with van der Waals surface area (Å²) in [4.78, 5) is 27.8. The van der Waals surface area contributed by atoms with E-state index in [0.29, 0.717) is 35.4 Å². The molecule has 0 radical (unpaired) electrons. The van der Waals surface area contributed by atoms with Crippen molar-refractivity contribution < 1.29 is 14.7 Å². The summed E-state index contributed by atoms with van der Waals surface area (Å²) in [5.74, 6) is -0.257. The summed E-state index contributed by atoms with van der Waals surface area (Å²) < 4.78 is 0. The first-order valence-corrected chi connectivity index (χ1v) is 9.87. The van der Waals surface area contributed by atoms with Crippen molar-refractivity contribution in [3.8, 4) is 11.8 Å². The van der Waals surface area contributed by atoms with Crippen LogP contribution < -0.4 is 10.2 Å². The SMILES string of the molecule is CC(=O)N1c2cccc(O)c2NC2=C(C(=O)CC(C)(C)C2)C1c1ccc(C#N)cc1. The maximum atomic E-state index is 13.4. The summed E-state index contributed by atoms with van der Waals surface area (Å²) in [7, 11) is 0. The van der Waals surface area contributed by atoms with Crippen LogP contribution in [0.4, 0.5) is 11.4 Å². The molecule has 0 saturated carbocycles. The van der Waals surface area contributed by atoms with Gasteiger partial charge in [-0.1, -0.05) is 32.0 Å². The van der Waals surface area contributed by atoms with Crippen molar-refractivity contribution in [1.82, 2.24) is 0 Å². The summed E-state index contributed by atoms with van der Waals surface area (Å²) in [6.45, 7) is 5.52. The van der Waals surface area contributed by atoms with Gasteiger partial charge in [-0.3, -0.25) is 14.5 Å². The molecule has 6 nitrogen and oxygen atoms in total. The number of nitrogens with zero attached hydrogens (tertiary/aromatic N) is 2. The molecule has 6 heteroatoms. The fourth-order valence-electron chi connectivity index (χ4n) is 4.45. The molecule has 2 aromatic carbocycles. The molecule has 2 aliphatic rings. The van der Waals surface area contributed by atoms with Crippen molar-refractivity contribution in [3.05, 3.63) is 64.9 Å². The smallest absolute Gasteiger partial charge is 0.224 e. The lowest BCUT2D eigenvalue weighted by Gasteiger charge is -2.36. The number of phenols is 1. The van der Waals surface area contributed by atoms with E-state index in [0.717, 1.165) is 11.3 Å². The number of hydrogen-bond acceptors (Lipinski definition) is 5. The van der Waals surface area contributed by atoms with Gasteiger partial charge in [0.2, 0.25) is 5.91 Å². The number of amides is 1. The van der Waals surface area contributed by atoms with Gasteiger partial charge >= 0.3 is 0 Å². The van der Waals surface area contributed by atoms with Crippen molar-refractivity contribution in [2.45, 2.75) is 39.7 Å². The fraction of sp³-hybridized carbons (Fsp3) is 0.292. The maximum Gasteiger partial charge on any atom is 0.224 e. The summed E-state index contributed by atoms with van der Waals surface area (Å²) in [5, 5.41) is 23.0. The third kappa shape index (κ3) is 3.22. The van der Waals surface area contributed by atoms with Crippen molar-refractivity contribution in [1.29, 1.82) is 5.26 Å². The molecule has 2 aromatic rings. The largest absolute Gasteiger partial charge is 0.506 e. The van der Waals surface area contributed by atoms with Gasteiger partial charge in [-0.25, -0.2) is 0 Å². The van der Waals surface area contributed by atoms with Crippen molar-refractivity contribution in [2.75, 3.05) is 10.2 Å². The standard InChI is InChI=1S/C24H23N3O3/c1-14(28)27-18-5-4-6-19(29)22(18)26-17-11-24(2,3)12-20(30)21(17)23(27)16-9-7-15(13-25)8-10-16/h4-10,23,26,29H,11-12H2,1-3H3. The molecular weight excluding hydrogens is 378 g/mol. The van der Waals surface area contributed by atoms with Crippen LogP contribution in [0.1, 0.15) is 50.8 Å². The first-order valence-electron chi connectivity index (χ1n) is 9.87. The van der Waals surface area contributed by atoms with Gasteiger partial charge < -0.3 is 10.4 Å². The van der Waals surface area contributed by atoms with Crippen LogP contribution in [0.5, 0.6) is 5.75 Å². The van der Waals surface area contributed by atoms with Crippen molar-refractivity contribution >= 4 is 23.1 Å². The summed E-state index contributed by atoms with van der Waals surface area (Å²) in [6.07, 6.45) is 0.981. The Hall–Kier alpha value is -3.59. The first kappa shape index (κ1) is 19.7. The van der Waals surface area contributed by atoms with Crippen molar-refractivity contribution in [3.63, 3.8) is 0 Å². The average molecular weight is 401 g/mol. The number of para-hydroxylation sites is 1. The van der Waals surface area contributed by atoms with Crippen LogP contribution in [-0.4, -0.2) is 16.8 Å². The van der Waals surface area contributed by atoms with Gasteiger partial charge in [0.25, 0.3) is 0 Å². The zero-order valence-electron chi connectivity index (χ0n) is 17.2. The molecule has 1 unspecified atom stereocenters. The number of ketones is 1. The third-order valence-corrected chi connectivity index (χ3v) is 5.70. The number of nitrogens with one attached hydrogen (secondary N) is 1. The molecule has 4 rings (SSSR count). The molecule has 1 atom stereocenters. The minimum Gasteiger partial charge on any atom is -0.506 e. The van der Waals surface area contributed by atoms with E-state index in [2.05, 4.69) is 11.4 Å². The summed E-state index contributed by atoms with van der Waals surface area (Å²) >= 11 is 0. The van der Waals surface area contributed by atoms with E-state index in [1.54, 1.807) is 47.4 Å². The predicted molar refractivity (Wildman–Crippen MR) is 114 cm³/mol. The highest BCUT2D eigenvalue weighted by atomic mass is 16.3. The molecule has 1 heterocycles. The topological polar surface area (TPSA) is 93.4 Å². The van der Waals surface area contributed by atoms with Gasteiger partial charge in [0.05, 0.1) is 23.4 Å². The van der Waals surface area contributed by atoms with E-state index in [1.807, 2.05) is 13.8 Å². The van der Waals surface area contributed by atoms with E-state index >= 15 is 0 Å². The Bertz CT molecular complexity index is 1120. The van der Waals surface area contributed by atoms with E-state index in [-0.39, 0.29) is 22.9 Å². The lowest BCUT2D eigenvalue weighted by Crippen LogP contribution is -2.38. The Morgan fingerprint density at radius 2 is 1.90 bits per heavy atom. The summed E-state index contributed by atoms with van der Waals surface area (Å²) in [5.41, 5.74) is 3.18. The van der Waals surface area contributed by atoms with Gasteiger partial charge in [0.15, 0.2) is 5.78 Å². The summed E-state index contributed by atoms with van der Waals surface area (Å²) in [6, 6.07) is 13.4. The number of carbonyl (C=O) groups excluding carboxylic acids is 2. The zero-order chi connectivity index (χ0) is 21.6. The van der Waals surface area contributed by atoms with Gasteiger partial charge in [-0.05, 0) is 41.7 Å². The monoisotopic (exact) mass is 401 g/mol. The molecule has 0 spiro atoms. The second-order valence-corrected chi connectivity index (χ2v) is 8.65. The van der Waals surface area contributed by atoms with Gasteiger partial charge in [-0.2, -0.15) is 5.26 Å². The quantitative estimate of drug-likeness (QED) is 0.690. The number of allylic oxidation sites excluding steroid dienone is 1. The van der Waals surface area contributed by atoms with E-state index in [9.17, 15) is 14.7 Å². The highest BCUT2D eigenvalue weighted by Crippen LogP contribution is 2.50. The number of benzene rings is 2. The second kappa shape index (κ2) is 7.03. The third-order valence-electron chi connectivity index (χ3n) is 5.70. The molecule has 152 valence electrons. The molecule has 0 saturated heterocycles. The lowest BCUT2D eigenvalue weighted by molar-refractivity contribution is -0.118. The van der Waals surface area contributed by atoms with E-state index in [1.165, 1.54) is 6.92 Å². The van der Waals surface area contributed by atoms with Crippen LogP contribution in [0, 0.1) is 16.7 Å². The molecule has 0 aromatic heterocycles. The van der Waals surface area contributed by atoms with Gasteiger partial charge in [-0.15, -0.1) is 0 Å². The molecule has 2 N–H and O–H groups in total. The normalized spacial score (nSPS) is 19.9. The van der Waals surface area contributed by atoms with Crippen LogP contribution >= 0.6 is 0 Å². The number of fused-ring (bicyclic) bond motifs is 1. The molecule has 1 aliphatic heterocycles. The zero-order valence-corrected chi connectivity index (χ0v) is 17.2. The van der Waals surface area contributed by atoms with E-state index in [4.69, 9.17) is 5.26 Å². The highest BCUT2D eigenvalue weighted by molar-refractivity contribution is 6.06. The molecule has 1 amide bonds. The van der Waals surface area contributed by atoms with Gasteiger partial charge in [0, 0.05) is 24.6 Å². The number of rotatable bonds is 1. The van der Waals surface area contributed by atoms with E-state index < -0.39 is 6.04 Å². The van der Waals surface area contributed by atoms with Gasteiger partial charge in [0.1, 0.15) is 11.4 Å². The Morgan fingerprint density at radius 3 is 2.53 bits per heavy atom. The number of carbonyl (C=O) groups is 2. The molecule has 30 heavy (non-hydrogen) atoms. The minimum absolute atomic E-state index is 0.0157. The molecule has 1 aliphatic carbocycles. The molecule has 0 fully saturated rings. The number of aromatic hydroxyl groups is 1.